The number of benzene rings is 2. The van der Waals surface area contributed by atoms with Gasteiger partial charge in [0.05, 0.1) is 11.3 Å². The molecule has 1 saturated heterocycles. The molecule has 1 aliphatic rings. The van der Waals surface area contributed by atoms with Crippen LogP contribution < -0.4 is 10.6 Å². The van der Waals surface area contributed by atoms with Gasteiger partial charge in [-0.2, -0.15) is 0 Å². The Morgan fingerprint density at radius 1 is 1.32 bits per heavy atom. The minimum absolute atomic E-state index is 0.0303. The van der Waals surface area contributed by atoms with Gasteiger partial charge in [-0.05, 0) is 62.4 Å². The molecule has 0 aliphatic carbocycles. The number of nitrogens with two attached hydrogens (primary N) is 1. The first-order chi connectivity index (χ1) is 14.9. The number of piperidine rings is 1. The number of anilines is 1. The van der Waals surface area contributed by atoms with E-state index in [2.05, 4.69) is 4.90 Å². The number of thiazole rings is 1. The molecular formula is C24H26ClN3O2S. The topological polar surface area (TPSA) is 79.5 Å². The molecule has 1 unspecified atom stereocenters. The number of hydrogen-bond acceptors (Lipinski definition) is 5. The first-order valence-corrected chi connectivity index (χ1v) is 11.7. The zero-order valence-electron chi connectivity index (χ0n) is 17.4. The van der Waals surface area contributed by atoms with Gasteiger partial charge in [0.15, 0.2) is 0 Å². The second-order valence-corrected chi connectivity index (χ2v) is 9.63. The van der Waals surface area contributed by atoms with Crippen molar-refractivity contribution in [2.45, 2.75) is 32.2 Å². The molecule has 0 spiro atoms. The van der Waals surface area contributed by atoms with Crippen molar-refractivity contribution >= 4 is 34.6 Å². The maximum absolute atomic E-state index is 11.3. The monoisotopic (exact) mass is 455 g/mol. The lowest BCUT2D eigenvalue weighted by atomic mass is 9.88. The quantitative estimate of drug-likeness (QED) is 0.530. The fourth-order valence-corrected chi connectivity index (χ4v) is 5.41. The Labute approximate surface area is 191 Å². The highest BCUT2D eigenvalue weighted by Crippen LogP contribution is 2.32. The third kappa shape index (κ3) is 5.09. The fourth-order valence-electron chi connectivity index (χ4n) is 4.14. The Kier molecular flexibility index (Phi) is 6.60. The smallest absolute Gasteiger partial charge is 0.335 e. The molecule has 5 nitrogen and oxygen atoms in total. The fraction of sp³-hybridized carbons (Fsp3) is 0.333. The van der Waals surface area contributed by atoms with E-state index in [9.17, 15) is 9.90 Å². The number of carboxylic acids is 1. The molecule has 0 amide bonds. The number of nitrogens with zero attached hydrogens (tertiary/aromatic N) is 2. The van der Waals surface area contributed by atoms with Crippen LogP contribution in [0.25, 0.3) is 10.6 Å². The number of aromatic carboxylic acids is 1. The number of aromatic nitrogens is 1. The van der Waals surface area contributed by atoms with Crippen molar-refractivity contribution in [3.63, 3.8) is 0 Å². The molecule has 162 valence electrons. The summed E-state index contributed by atoms with van der Waals surface area (Å²) < 4.78 is 0. The number of halogens is 1. The van der Waals surface area contributed by atoms with Gasteiger partial charge in [-0.1, -0.05) is 29.8 Å². The van der Waals surface area contributed by atoms with Crippen molar-refractivity contribution < 1.29 is 9.90 Å². The van der Waals surface area contributed by atoms with E-state index in [0.717, 1.165) is 59.3 Å². The van der Waals surface area contributed by atoms with E-state index in [1.165, 1.54) is 4.88 Å². The van der Waals surface area contributed by atoms with Gasteiger partial charge in [0.1, 0.15) is 5.01 Å². The molecule has 2 aromatic carbocycles. The van der Waals surface area contributed by atoms with Crippen LogP contribution in [0.3, 0.4) is 0 Å². The third-order valence-electron chi connectivity index (χ3n) is 5.93. The first kappa shape index (κ1) is 21.8. The van der Waals surface area contributed by atoms with E-state index in [1.54, 1.807) is 29.5 Å². The van der Waals surface area contributed by atoms with Crippen LogP contribution >= 0.6 is 22.9 Å². The molecule has 3 aromatic rings. The average molecular weight is 456 g/mol. The maximum Gasteiger partial charge on any atom is 0.335 e. The van der Waals surface area contributed by atoms with Crippen molar-refractivity contribution in [2.24, 2.45) is 11.7 Å². The highest BCUT2D eigenvalue weighted by atomic mass is 35.5. The lowest BCUT2D eigenvalue weighted by Crippen LogP contribution is -2.44. The van der Waals surface area contributed by atoms with Crippen LogP contribution in [-0.2, 0) is 6.42 Å². The largest absolute Gasteiger partial charge is 0.478 e. The van der Waals surface area contributed by atoms with Gasteiger partial charge in [-0.25, -0.2) is 9.78 Å². The van der Waals surface area contributed by atoms with Crippen molar-refractivity contribution in [1.82, 2.24) is 4.98 Å². The van der Waals surface area contributed by atoms with E-state index in [1.807, 2.05) is 37.3 Å². The van der Waals surface area contributed by atoms with Gasteiger partial charge in [0, 0.05) is 40.3 Å². The molecule has 31 heavy (non-hydrogen) atoms. The Morgan fingerprint density at radius 2 is 2.10 bits per heavy atom. The first-order valence-electron chi connectivity index (χ1n) is 10.5. The molecule has 4 rings (SSSR count). The van der Waals surface area contributed by atoms with E-state index in [0.29, 0.717) is 11.5 Å². The zero-order valence-corrected chi connectivity index (χ0v) is 19.0. The Balaban J connectivity index is 1.45. The van der Waals surface area contributed by atoms with Crippen LogP contribution in [0.5, 0.6) is 0 Å². The van der Waals surface area contributed by atoms with Crippen LogP contribution in [-0.4, -0.2) is 35.2 Å². The second-order valence-electron chi connectivity index (χ2n) is 8.11. The molecule has 7 heteroatoms. The predicted molar refractivity (Wildman–Crippen MR) is 127 cm³/mol. The third-order valence-corrected chi connectivity index (χ3v) is 7.41. The van der Waals surface area contributed by atoms with Gasteiger partial charge in [0.25, 0.3) is 0 Å². The van der Waals surface area contributed by atoms with Crippen molar-refractivity contribution in [2.75, 3.05) is 18.0 Å². The lowest BCUT2D eigenvalue weighted by molar-refractivity contribution is 0.0697. The molecule has 0 radical (unpaired) electrons. The van der Waals surface area contributed by atoms with Crippen LogP contribution in [0.1, 0.15) is 33.8 Å². The highest BCUT2D eigenvalue weighted by Gasteiger charge is 2.27. The summed E-state index contributed by atoms with van der Waals surface area (Å²) in [6.45, 7) is 3.81. The Bertz CT molecular complexity index is 1070. The standard InChI is InChI=1S/C24H26ClN3O2S/c1-15-22(31-23(27-15)16-7-9-19(25)10-8-16)13-21(26)18-5-3-11-28(14-18)20-6-2-4-17(12-20)24(29)30/h2,4,6-10,12,18,21H,3,5,11,13-14,26H2,1H3,(H,29,30)/t18?,21-/m0/s1. The average Bonchev–Trinajstić information content (AvgIpc) is 3.14. The maximum atomic E-state index is 11.3. The molecule has 2 atom stereocenters. The Morgan fingerprint density at radius 3 is 2.84 bits per heavy atom. The molecule has 1 aliphatic heterocycles. The lowest BCUT2D eigenvalue weighted by Gasteiger charge is -2.37. The molecule has 3 N–H and O–H groups in total. The van der Waals surface area contributed by atoms with Gasteiger partial charge in [-0.3, -0.25) is 0 Å². The number of carbonyl (C=O) groups is 1. The van der Waals surface area contributed by atoms with Crippen molar-refractivity contribution in [3.05, 3.63) is 69.7 Å². The molecule has 1 fully saturated rings. The number of hydrogen-bond donors (Lipinski definition) is 2. The van der Waals surface area contributed by atoms with E-state index < -0.39 is 5.97 Å². The van der Waals surface area contributed by atoms with E-state index in [-0.39, 0.29) is 6.04 Å². The van der Waals surface area contributed by atoms with Crippen molar-refractivity contribution in [3.8, 4) is 10.6 Å². The van der Waals surface area contributed by atoms with Crippen LogP contribution in [0.15, 0.2) is 48.5 Å². The second kappa shape index (κ2) is 9.39. The number of rotatable bonds is 6. The molecule has 0 bridgehead atoms. The SMILES string of the molecule is Cc1nc(-c2ccc(Cl)cc2)sc1C[C@H](N)C1CCCN(c2cccc(C(=O)O)c2)C1. The van der Waals surface area contributed by atoms with Gasteiger partial charge in [-0.15, -0.1) is 11.3 Å². The van der Waals surface area contributed by atoms with E-state index >= 15 is 0 Å². The minimum atomic E-state index is -0.899. The number of carboxylic acid groups (broad SMARTS) is 1. The van der Waals surface area contributed by atoms with Crippen LogP contribution in [0.4, 0.5) is 5.69 Å². The molecular weight excluding hydrogens is 430 g/mol. The van der Waals surface area contributed by atoms with Gasteiger partial charge >= 0.3 is 5.97 Å². The van der Waals surface area contributed by atoms with E-state index in [4.69, 9.17) is 22.3 Å². The summed E-state index contributed by atoms with van der Waals surface area (Å²) in [5, 5.41) is 11.0. The normalized spacial score (nSPS) is 17.5. The molecule has 1 aromatic heterocycles. The summed E-state index contributed by atoms with van der Waals surface area (Å²) >= 11 is 7.70. The summed E-state index contributed by atoms with van der Waals surface area (Å²) in [6.07, 6.45) is 2.93. The molecule has 0 saturated carbocycles. The van der Waals surface area contributed by atoms with Gasteiger partial charge < -0.3 is 15.7 Å². The van der Waals surface area contributed by atoms with Crippen molar-refractivity contribution in [1.29, 1.82) is 0 Å². The minimum Gasteiger partial charge on any atom is -0.478 e. The number of aryl methyl sites for hydroxylation is 1. The van der Waals surface area contributed by atoms with Crippen LogP contribution in [0.2, 0.25) is 5.02 Å². The predicted octanol–water partition coefficient (Wildman–Crippen LogP) is 5.26. The Hall–Kier alpha value is -2.41. The summed E-state index contributed by atoms with van der Waals surface area (Å²) in [5.74, 6) is -0.549. The van der Waals surface area contributed by atoms with Gasteiger partial charge in [0.2, 0.25) is 0 Å². The molecule has 2 heterocycles. The summed E-state index contributed by atoms with van der Waals surface area (Å²) in [7, 11) is 0. The summed E-state index contributed by atoms with van der Waals surface area (Å²) in [5.41, 5.74) is 10.1. The summed E-state index contributed by atoms with van der Waals surface area (Å²) in [4.78, 5) is 19.6. The summed E-state index contributed by atoms with van der Waals surface area (Å²) in [6, 6.07) is 15.0. The highest BCUT2D eigenvalue weighted by molar-refractivity contribution is 7.15. The van der Waals surface area contributed by atoms with Crippen LogP contribution in [0, 0.1) is 12.8 Å². The zero-order chi connectivity index (χ0) is 22.0.